The maximum Gasteiger partial charge on any atom is 0.225 e. The Labute approximate surface area is 111 Å². The number of carbonyl (C=O) groups is 1. The number of ether oxygens (including phenoxy) is 1. The maximum absolute atomic E-state index is 13.5. The number of halogens is 2. The molecule has 2 rings (SSSR count). The van der Waals surface area contributed by atoms with Gasteiger partial charge in [-0.25, -0.2) is 8.78 Å². The molecule has 19 heavy (non-hydrogen) atoms. The van der Waals surface area contributed by atoms with Gasteiger partial charge in [-0.1, -0.05) is 6.07 Å². The van der Waals surface area contributed by atoms with E-state index >= 15 is 0 Å². The molecule has 1 fully saturated rings. The van der Waals surface area contributed by atoms with Crippen LogP contribution in [0.3, 0.4) is 0 Å². The van der Waals surface area contributed by atoms with E-state index in [0.29, 0.717) is 31.6 Å². The highest BCUT2D eigenvalue weighted by Crippen LogP contribution is 2.19. The molecule has 1 aromatic carbocycles. The lowest BCUT2D eigenvalue weighted by atomic mass is 9.98. The largest absolute Gasteiger partial charge is 0.381 e. The van der Waals surface area contributed by atoms with Crippen molar-refractivity contribution < 1.29 is 18.3 Å². The number of nitrogens with zero attached hydrogens (tertiary/aromatic N) is 1. The zero-order valence-electron chi connectivity index (χ0n) is 10.9. The fourth-order valence-corrected chi connectivity index (χ4v) is 2.24. The first-order valence-electron chi connectivity index (χ1n) is 6.34. The van der Waals surface area contributed by atoms with Crippen molar-refractivity contribution in [2.75, 3.05) is 20.3 Å². The van der Waals surface area contributed by atoms with Gasteiger partial charge in [0.05, 0.1) is 0 Å². The Balaban J connectivity index is 1.99. The molecule has 1 saturated heterocycles. The molecule has 0 bridgehead atoms. The zero-order chi connectivity index (χ0) is 13.8. The van der Waals surface area contributed by atoms with Crippen LogP contribution < -0.4 is 0 Å². The number of hydrogen-bond acceptors (Lipinski definition) is 2. The van der Waals surface area contributed by atoms with Crippen LogP contribution in [0.2, 0.25) is 0 Å². The lowest BCUT2D eigenvalue weighted by Gasteiger charge is -2.26. The van der Waals surface area contributed by atoms with Crippen LogP contribution >= 0.6 is 0 Å². The number of rotatable bonds is 3. The molecule has 0 saturated carbocycles. The Morgan fingerprint density at radius 2 is 2.05 bits per heavy atom. The number of benzene rings is 1. The summed E-state index contributed by atoms with van der Waals surface area (Å²) in [6, 6.07) is 3.41. The molecule has 1 aromatic rings. The molecular formula is C14H17F2NO2. The molecule has 0 unspecified atom stereocenters. The molecule has 0 spiro atoms. The molecule has 0 atom stereocenters. The zero-order valence-corrected chi connectivity index (χ0v) is 10.9. The summed E-state index contributed by atoms with van der Waals surface area (Å²) < 4.78 is 31.5. The average Bonchev–Trinajstić information content (AvgIpc) is 2.42. The highest BCUT2D eigenvalue weighted by Gasteiger charge is 2.24. The summed E-state index contributed by atoms with van der Waals surface area (Å²) >= 11 is 0. The van der Waals surface area contributed by atoms with Crippen molar-refractivity contribution in [2.45, 2.75) is 19.4 Å². The van der Waals surface area contributed by atoms with Crippen LogP contribution in [0.4, 0.5) is 8.78 Å². The minimum atomic E-state index is -0.619. The Hall–Kier alpha value is -1.49. The van der Waals surface area contributed by atoms with E-state index in [4.69, 9.17) is 4.74 Å². The Bertz CT molecular complexity index is 459. The first-order valence-corrected chi connectivity index (χ1v) is 6.34. The Morgan fingerprint density at radius 3 is 2.68 bits per heavy atom. The first kappa shape index (κ1) is 13.9. The quantitative estimate of drug-likeness (QED) is 0.843. The van der Waals surface area contributed by atoms with Gasteiger partial charge in [-0.2, -0.15) is 0 Å². The van der Waals surface area contributed by atoms with Crippen LogP contribution in [0.25, 0.3) is 0 Å². The monoisotopic (exact) mass is 269 g/mol. The van der Waals surface area contributed by atoms with E-state index in [1.54, 1.807) is 7.05 Å². The highest BCUT2D eigenvalue weighted by molar-refractivity contribution is 5.78. The second-order valence-electron chi connectivity index (χ2n) is 4.82. The van der Waals surface area contributed by atoms with Crippen molar-refractivity contribution in [3.8, 4) is 0 Å². The van der Waals surface area contributed by atoms with Gasteiger partial charge in [-0.3, -0.25) is 4.79 Å². The Kier molecular flexibility index (Phi) is 4.47. The normalized spacial score (nSPS) is 16.4. The fourth-order valence-electron chi connectivity index (χ4n) is 2.24. The van der Waals surface area contributed by atoms with Gasteiger partial charge in [0, 0.05) is 44.4 Å². The smallest absolute Gasteiger partial charge is 0.225 e. The highest BCUT2D eigenvalue weighted by atomic mass is 19.1. The van der Waals surface area contributed by atoms with Crippen LogP contribution in [0.1, 0.15) is 18.4 Å². The second-order valence-corrected chi connectivity index (χ2v) is 4.82. The van der Waals surface area contributed by atoms with Crippen molar-refractivity contribution in [1.82, 2.24) is 4.90 Å². The predicted molar refractivity (Wildman–Crippen MR) is 66.4 cm³/mol. The standard InChI is InChI=1S/C14H17F2NO2/c1-17(14(18)10-4-6-19-7-5-10)9-11-2-3-12(15)8-13(11)16/h2-3,8,10H,4-7,9H2,1H3. The van der Waals surface area contributed by atoms with E-state index in [1.807, 2.05) is 0 Å². The minimum Gasteiger partial charge on any atom is -0.381 e. The number of carbonyl (C=O) groups excluding carboxylic acids is 1. The molecule has 1 aliphatic rings. The van der Waals surface area contributed by atoms with E-state index in [0.717, 1.165) is 6.07 Å². The van der Waals surface area contributed by atoms with Gasteiger partial charge in [-0.05, 0) is 18.9 Å². The molecule has 0 radical (unpaired) electrons. The second kappa shape index (κ2) is 6.10. The molecule has 5 heteroatoms. The summed E-state index contributed by atoms with van der Waals surface area (Å²) in [5.41, 5.74) is 0.323. The summed E-state index contributed by atoms with van der Waals surface area (Å²) in [5.74, 6) is -1.29. The third kappa shape index (κ3) is 3.50. The first-order chi connectivity index (χ1) is 9.08. The summed E-state index contributed by atoms with van der Waals surface area (Å²) in [6.45, 7) is 1.34. The summed E-state index contributed by atoms with van der Waals surface area (Å²) in [6.07, 6.45) is 1.41. The predicted octanol–water partition coefficient (Wildman–Crippen LogP) is 2.35. The summed E-state index contributed by atoms with van der Waals surface area (Å²) in [4.78, 5) is 13.6. The third-order valence-electron chi connectivity index (χ3n) is 3.37. The molecule has 0 aliphatic carbocycles. The van der Waals surface area contributed by atoms with Gasteiger partial charge in [0.2, 0.25) is 5.91 Å². The third-order valence-corrected chi connectivity index (χ3v) is 3.37. The van der Waals surface area contributed by atoms with Gasteiger partial charge in [0.25, 0.3) is 0 Å². The van der Waals surface area contributed by atoms with Crippen LogP contribution in [0, 0.1) is 17.6 Å². The summed E-state index contributed by atoms with van der Waals surface area (Å²) in [7, 11) is 1.64. The molecule has 104 valence electrons. The minimum absolute atomic E-state index is 0.00738. The van der Waals surface area contributed by atoms with Gasteiger partial charge in [-0.15, -0.1) is 0 Å². The van der Waals surface area contributed by atoms with E-state index in [2.05, 4.69) is 0 Å². The van der Waals surface area contributed by atoms with Crippen LogP contribution in [0.15, 0.2) is 18.2 Å². The molecule has 3 nitrogen and oxygen atoms in total. The number of amides is 1. The fraction of sp³-hybridized carbons (Fsp3) is 0.500. The topological polar surface area (TPSA) is 29.5 Å². The molecule has 1 aliphatic heterocycles. The average molecular weight is 269 g/mol. The van der Waals surface area contributed by atoms with Crippen molar-refractivity contribution in [2.24, 2.45) is 5.92 Å². The van der Waals surface area contributed by atoms with Gasteiger partial charge < -0.3 is 9.64 Å². The van der Waals surface area contributed by atoms with E-state index in [9.17, 15) is 13.6 Å². The molecular weight excluding hydrogens is 252 g/mol. The van der Waals surface area contributed by atoms with Crippen molar-refractivity contribution in [3.63, 3.8) is 0 Å². The van der Waals surface area contributed by atoms with E-state index in [-0.39, 0.29) is 18.4 Å². The van der Waals surface area contributed by atoms with Crippen LogP contribution in [0.5, 0.6) is 0 Å². The Morgan fingerprint density at radius 1 is 1.37 bits per heavy atom. The maximum atomic E-state index is 13.5. The van der Waals surface area contributed by atoms with Crippen molar-refractivity contribution in [3.05, 3.63) is 35.4 Å². The van der Waals surface area contributed by atoms with E-state index in [1.165, 1.54) is 17.0 Å². The molecule has 1 amide bonds. The van der Waals surface area contributed by atoms with Gasteiger partial charge in [0.1, 0.15) is 11.6 Å². The van der Waals surface area contributed by atoms with Gasteiger partial charge >= 0.3 is 0 Å². The van der Waals surface area contributed by atoms with Crippen molar-refractivity contribution in [1.29, 1.82) is 0 Å². The molecule has 0 N–H and O–H groups in total. The number of hydrogen-bond donors (Lipinski definition) is 0. The lowest BCUT2D eigenvalue weighted by Crippen LogP contribution is -2.35. The van der Waals surface area contributed by atoms with Gasteiger partial charge in [0.15, 0.2) is 0 Å². The SMILES string of the molecule is CN(Cc1ccc(F)cc1F)C(=O)C1CCOCC1. The van der Waals surface area contributed by atoms with E-state index < -0.39 is 11.6 Å². The molecule has 0 aromatic heterocycles. The summed E-state index contributed by atoms with van der Waals surface area (Å²) in [5, 5.41) is 0. The van der Waals surface area contributed by atoms with Crippen LogP contribution in [-0.2, 0) is 16.1 Å². The van der Waals surface area contributed by atoms with Crippen molar-refractivity contribution >= 4 is 5.91 Å². The molecule has 1 heterocycles. The van der Waals surface area contributed by atoms with Crippen LogP contribution in [-0.4, -0.2) is 31.1 Å². The lowest BCUT2D eigenvalue weighted by molar-refractivity contribution is -0.137.